The van der Waals surface area contributed by atoms with E-state index in [1.807, 2.05) is 26.8 Å². The van der Waals surface area contributed by atoms with Gasteiger partial charge in [0.25, 0.3) is 5.89 Å². The van der Waals surface area contributed by atoms with Crippen LogP contribution in [0, 0.1) is 0 Å². The summed E-state index contributed by atoms with van der Waals surface area (Å²) < 4.78 is 4.98. The Hall–Kier alpha value is -0.870. The summed E-state index contributed by atoms with van der Waals surface area (Å²) in [7, 11) is 0. The van der Waals surface area contributed by atoms with Gasteiger partial charge in [-0.25, -0.2) is 0 Å². The van der Waals surface area contributed by atoms with Gasteiger partial charge >= 0.3 is 0 Å². The first-order chi connectivity index (χ1) is 6.13. The molecular weight excluding hydrogens is 202 g/mol. The van der Waals surface area contributed by atoms with Gasteiger partial charge in [0.2, 0.25) is 0 Å². The topological polar surface area (TPSA) is 64.9 Å². The first kappa shape index (κ1) is 13.1. The maximum absolute atomic E-state index is 5.73. The van der Waals surface area contributed by atoms with E-state index in [0.717, 1.165) is 12.0 Å². The summed E-state index contributed by atoms with van der Waals surface area (Å²) in [5.41, 5.74) is 6.86. The van der Waals surface area contributed by atoms with E-state index in [-0.39, 0.29) is 18.4 Å². The van der Waals surface area contributed by atoms with Gasteiger partial charge < -0.3 is 10.3 Å². The van der Waals surface area contributed by atoms with E-state index in [2.05, 4.69) is 10.1 Å². The minimum atomic E-state index is -0.122. The number of halogens is 1. The lowest BCUT2D eigenvalue weighted by Gasteiger charge is -1.98. The molecule has 1 rings (SSSR count). The molecular formula is C9H16ClN3O. The van der Waals surface area contributed by atoms with Gasteiger partial charge in [-0.2, -0.15) is 4.98 Å². The van der Waals surface area contributed by atoms with Crippen molar-refractivity contribution in [2.45, 2.75) is 33.2 Å². The molecule has 0 fully saturated rings. The van der Waals surface area contributed by atoms with Gasteiger partial charge in [-0.3, -0.25) is 0 Å². The standard InChI is InChI=1S/C9H15N3O.ClH/c1-4-7(10)9-11-8(13-12-9)5-6(2)3;/h5,7H,4,10H2,1-3H3;1H. The van der Waals surface area contributed by atoms with Crippen LogP contribution >= 0.6 is 12.4 Å². The van der Waals surface area contributed by atoms with Crippen molar-refractivity contribution in [1.82, 2.24) is 10.1 Å². The summed E-state index contributed by atoms with van der Waals surface area (Å²) in [6, 6.07) is -0.122. The highest BCUT2D eigenvalue weighted by molar-refractivity contribution is 5.85. The normalized spacial score (nSPS) is 11.7. The van der Waals surface area contributed by atoms with Crippen molar-refractivity contribution in [3.05, 3.63) is 17.3 Å². The molecule has 80 valence electrons. The van der Waals surface area contributed by atoms with E-state index in [9.17, 15) is 0 Å². The van der Waals surface area contributed by atoms with Crippen LogP contribution in [0.25, 0.3) is 6.08 Å². The molecule has 14 heavy (non-hydrogen) atoms. The fourth-order valence-electron chi connectivity index (χ4n) is 0.886. The Morgan fingerprint density at radius 2 is 2.21 bits per heavy atom. The number of hydrogen-bond donors (Lipinski definition) is 1. The van der Waals surface area contributed by atoms with Crippen molar-refractivity contribution < 1.29 is 4.52 Å². The highest BCUT2D eigenvalue weighted by Gasteiger charge is 2.10. The number of hydrogen-bond acceptors (Lipinski definition) is 4. The number of allylic oxidation sites excluding steroid dienone is 1. The molecule has 1 atom stereocenters. The van der Waals surface area contributed by atoms with Crippen LogP contribution in [0.5, 0.6) is 0 Å². The van der Waals surface area contributed by atoms with Crippen molar-refractivity contribution in [2.75, 3.05) is 0 Å². The van der Waals surface area contributed by atoms with Gasteiger partial charge in [0.1, 0.15) is 0 Å². The van der Waals surface area contributed by atoms with Gasteiger partial charge in [0.05, 0.1) is 6.04 Å². The number of nitrogens with two attached hydrogens (primary N) is 1. The van der Waals surface area contributed by atoms with Crippen LogP contribution in [0.15, 0.2) is 10.1 Å². The fraction of sp³-hybridized carbons (Fsp3) is 0.556. The second-order valence-electron chi connectivity index (χ2n) is 3.23. The number of nitrogens with zero attached hydrogens (tertiary/aromatic N) is 2. The summed E-state index contributed by atoms with van der Waals surface area (Å²) in [4.78, 5) is 4.14. The Labute approximate surface area is 90.0 Å². The summed E-state index contributed by atoms with van der Waals surface area (Å²) >= 11 is 0. The van der Waals surface area contributed by atoms with Crippen molar-refractivity contribution in [2.24, 2.45) is 5.73 Å². The van der Waals surface area contributed by atoms with E-state index in [0.29, 0.717) is 11.7 Å². The molecule has 1 unspecified atom stereocenters. The molecule has 0 spiro atoms. The third-order valence-electron chi connectivity index (χ3n) is 1.64. The lowest BCUT2D eigenvalue weighted by atomic mass is 10.2. The van der Waals surface area contributed by atoms with E-state index in [4.69, 9.17) is 10.3 Å². The SMILES string of the molecule is CCC(N)c1noc(C=C(C)C)n1.Cl. The van der Waals surface area contributed by atoms with E-state index in [1.165, 1.54) is 0 Å². The maximum atomic E-state index is 5.73. The van der Waals surface area contributed by atoms with Crippen LogP contribution < -0.4 is 5.73 Å². The molecule has 0 bridgehead atoms. The Bertz CT molecular complexity index is 305. The molecule has 4 nitrogen and oxygen atoms in total. The average Bonchev–Trinajstić information content (AvgIpc) is 2.50. The Morgan fingerprint density at radius 1 is 1.57 bits per heavy atom. The third kappa shape index (κ3) is 3.47. The van der Waals surface area contributed by atoms with Crippen LogP contribution in [0.3, 0.4) is 0 Å². The molecule has 0 aromatic carbocycles. The molecule has 1 heterocycles. The van der Waals surface area contributed by atoms with Gasteiger partial charge in [0.15, 0.2) is 5.82 Å². The minimum absolute atomic E-state index is 0. The predicted molar refractivity (Wildman–Crippen MR) is 58.1 cm³/mol. The highest BCUT2D eigenvalue weighted by atomic mass is 35.5. The molecule has 0 amide bonds. The van der Waals surface area contributed by atoms with Crippen LogP contribution in [0.2, 0.25) is 0 Å². The molecule has 0 aliphatic rings. The van der Waals surface area contributed by atoms with Crippen molar-refractivity contribution in [3.63, 3.8) is 0 Å². The van der Waals surface area contributed by atoms with E-state index in [1.54, 1.807) is 0 Å². The zero-order valence-corrected chi connectivity index (χ0v) is 9.47. The van der Waals surface area contributed by atoms with Crippen LogP contribution in [0.4, 0.5) is 0 Å². The predicted octanol–water partition coefficient (Wildman–Crippen LogP) is 2.32. The Balaban J connectivity index is 0.00000169. The van der Waals surface area contributed by atoms with Crippen LogP contribution in [0.1, 0.15) is 44.9 Å². The first-order valence-electron chi connectivity index (χ1n) is 4.37. The first-order valence-corrected chi connectivity index (χ1v) is 4.37. The monoisotopic (exact) mass is 217 g/mol. The fourth-order valence-corrected chi connectivity index (χ4v) is 0.886. The minimum Gasteiger partial charge on any atom is -0.335 e. The molecule has 1 aromatic rings. The molecule has 0 saturated heterocycles. The summed E-state index contributed by atoms with van der Waals surface area (Å²) in [5.74, 6) is 1.11. The highest BCUT2D eigenvalue weighted by Crippen LogP contribution is 2.11. The zero-order chi connectivity index (χ0) is 9.84. The molecule has 5 heteroatoms. The maximum Gasteiger partial charge on any atom is 0.250 e. The smallest absolute Gasteiger partial charge is 0.250 e. The van der Waals surface area contributed by atoms with Crippen molar-refractivity contribution in [1.29, 1.82) is 0 Å². The van der Waals surface area contributed by atoms with Crippen LogP contribution in [-0.4, -0.2) is 10.1 Å². The quantitative estimate of drug-likeness (QED) is 0.844. The lowest BCUT2D eigenvalue weighted by molar-refractivity contribution is 0.397. The molecule has 0 aliphatic carbocycles. The Morgan fingerprint density at radius 3 is 2.71 bits per heavy atom. The third-order valence-corrected chi connectivity index (χ3v) is 1.64. The number of rotatable bonds is 3. The Kier molecular flexibility index (Phi) is 5.42. The largest absolute Gasteiger partial charge is 0.335 e. The summed E-state index contributed by atoms with van der Waals surface area (Å²) in [6.07, 6.45) is 2.65. The van der Waals surface area contributed by atoms with Crippen molar-refractivity contribution >= 4 is 18.5 Å². The van der Waals surface area contributed by atoms with Gasteiger partial charge in [-0.15, -0.1) is 12.4 Å². The molecule has 0 radical (unpaired) electrons. The lowest BCUT2D eigenvalue weighted by Crippen LogP contribution is -2.10. The molecule has 0 saturated carbocycles. The van der Waals surface area contributed by atoms with Gasteiger partial charge in [0, 0.05) is 6.08 Å². The van der Waals surface area contributed by atoms with Crippen LogP contribution in [-0.2, 0) is 0 Å². The number of aromatic nitrogens is 2. The summed E-state index contributed by atoms with van der Waals surface area (Å²) in [6.45, 7) is 5.94. The second-order valence-corrected chi connectivity index (χ2v) is 3.23. The molecule has 2 N–H and O–H groups in total. The van der Waals surface area contributed by atoms with Crippen molar-refractivity contribution in [3.8, 4) is 0 Å². The van der Waals surface area contributed by atoms with E-state index < -0.39 is 0 Å². The second kappa shape index (κ2) is 5.78. The summed E-state index contributed by atoms with van der Waals surface area (Å²) in [5, 5.41) is 3.78. The zero-order valence-electron chi connectivity index (χ0n) is 8.65. The van der Waals surface area contributed by atoms with Gasteiger partial charge in [-0.05, 0) is 20.3 Å². The van der Waals surface area contributed by atoms with E-state index >= 15 is 0 Å². The molecule has 1 aromatic heterocycles. The van der Waals surface area contributed by atoms with Gasteiger partial charge in [-0.1, -0.05) is 17.7 Å². The molecule has 0 aliphatic heterocycles. The average molecular weight is 218 g/mol.